The first-order valence-corrected chi connectivity index (χ1v) is 8.02. The van der Waals surface area contributed by atoms with Gasteiger partial charge < -0.3 is 15.4 Å². The van der Waals surface area contributed by atoms with Gasteiger partial charge in [0.2, 0.25) is 0 Å². The Labute approximate surface area is 155 Å². The number of rotatable bonds is 6. The number of methoxy groups -OCH3 is 1. The van der Waals surface area contributed by atoms with Crippen LogP contribution in [0.25, 0.3) is 0 Å². The molecular formula is C18H15Cl2N3O2. The molecule has 0 saturated carbocycles. The maximum Gasteiger partial charge on any atom is 0.267 e. The molecule has 7 heteroatoms. The zero-order chi connectivity index (χ0) is 18.2. The van der Waals surface area contributed by atoms with Gasteiger partial charge in [-0.2, -0.15) is 5.26 Å². The molecule has 0 bridgehead atoms. The van der Waals surface area contributed by atoms with Crippen molar-refractivity contribution in [2.24, 2.45) is 0 Å². The summed E-state index contributed by atoms with van der Waals surface area (Å²) in [6.07, 6.45) is 1.35. The molecule has 2 aromatic carbocycles. The maximum absolute atomic E-state index is 12.3. The molecule has 128 valence electrons. The number of hydrogen-bond acceptors (Lipinski definition) is 4. The fraction of sp³-hybridized carbons (Fsp3) is 0.111. The van der Waals surface area contributed by atoms with Crippen LogP contribution < -0.4 is 15.4 Å². The number of hydrogen-bond donors (Lipinski definition) is 2. The van der Waals surface area contributed by atoms with Crippen LogP contribution in [0.4, 0.5) is 5.69 Å². The Bertz CT molecular complexity index is 844. The fourth-order valence-corrected chi connectivity index (χ4v) is 2.42. The van der Waals surface area contributed by atoms with Gasteiger partial charge in [0.25, 0.3) is 5.91 Å². The molecule has 0 aromatic heterocycles. The van der Waals surface area contributed by atoms with Crippen LogP contribution in [0.15, 0.2) is 54.2 Å². The van der Waals surface area contributed by atoms with Crippen molar-refractivity contribution in [1.82, 2.24) is 5.32 Å². The predicted molar refractivity (Wildman–Crippen MR) is 98.6 cm³/mol. The summed E-state index contributed by atoms with van der Waals surface area (Å²) in [6, 6.07) is 14.0. The highest BCUT2D eigenvalue weighted by atomic mass is 35.5. The smallest absolute Gasteiger partial charge is 0.267 e. The first kappa shape index (κ1) is 18.7. The van der Waals surface area contributed by atoms with Crippen LogP contribution in [0.3, 0.4) is 0 Å². The molecule has 25 heavy (non-hydrogen) atoms. The average Bonchev–Trinajstić information content (AvgIpc) is 2.59. The molecule has 1 amide bonds. The first-order chi connectivity index (χ1) is 12.0. The number of carbonyl (C=O) groups is 1. The minimum absolute atomic E-state index is 0.0796. The molecule has 0 heterocycles. The number of halogens is 2. The van der Waals surface area contributed by atoms with E-state index in [4.69, 9.17) is 27.9 Å². The molecule has 0 atom stereocenters. The van der Waals surface area contributed by atoms with E-state index >= 15 is 0 Å². The summed E-state index contributed by atoms with van der Waals surface area (Å²) < 4.78 is 5.16. The van der Waals surface area contributed by atoms with Gasteiger partial charge >= 0.3 is 0 Å². The summed E-state index contributed by atoms with van der Waals surface area (Å²) in [7, 11) is 1.48. The highest BCUT2D eigenvalue weighted by Gasteiger charge is 2.12. The minimum Gasteiger partial charge on any atom is -0.495 e. The molecule has 0 aliphatic rings. The van der Waals surface area contributed by atoms with Crippen molar-refractivity contribution in [2.75, 3.05) is 12.4 Å². The summed E-state index contributed by atoms with van der Waals surface area (Å²) >= 11 is 11.8. The molecule has 0 unspecified atom stereocenters. The first-order valence-electron chi connectivity index (χ1n) is 7.26. The molecule has 0 aliphatic heterocycles. The van der Waals surface area contributed by atoms with Crippen molar-refractivity contribution in [3.63, 3.8) is 0 Å². The molecule has 0 aliphatic carbocycles. The number of carbonyl (C=O) groups excluding carboxylic acids is 1. The minimum atomic E-state index is -0.568. The third kappa shape index (κ3) is 5.42. The van der Waals surface area contributed by atoms with Gasteiger partial charge in [0.15, 0.2) is 0 Å². The van der Waals surface area contributed by atoms with Crippen LogP contribution in [0.5, 0.6) is 5.75 Å². The van der Waals surface area contributed by atoms with Crippen LogP contribution in [-0.4, -0.2) is 13.0 Å². The standard InChI is InChI=1S/C18H15Cl2N3O2/c1-25-17-6-5-15(20)8-16(17)23-18(24)13(9-21)11-22-10-12-3-2-4-14(19)7-12/h2-8,11,22H,10H2,1H3,(H,23,24)/b13-11-. The Morgan fingerprint density at radius 1 is 1.24 bits per heavy atom. The van der Waals surface area contributed by atoms with Crippen molar-refractivity contribution in [3.05, 3.63) is 69.8 Å². The second kappa shape index (κ2) is 8.97. The zero-order valence-electron chi connectivity index (χ0n) is 13.3. The normalized spacial score (nSPS) is 10.7. The number of nitrogens with zero attached hydrogens (tertiary/aromatic N) is 1. The molecule has 2 N–H and O–H groups in total. The van der Waals surface area contributed by atoms with E-state index in [-0.39, 0.29) is 5.57 Å². The molecular weight excluding hydrogens is 361 g/mol. The second-order valence-electron chi connectivity index (χ2n) is 4.98. The van der Waals surface area contributed by atoms with Crippen molar-refractivity contribution >= 4 is 34.8 Å². The van der Waals surface area contributed by atoms with Gasteiger partial charge in [-0.25, -0.2) is 0 Å². The largest absolute Gasteiger partial charge is 0.495 e. The van der Waals surface area contributed by atoms with E-state index in [9.17, 15) is 10.1 Å². The van der Waals surface area contributed by atoms with Crippen LogP contribution in [0.2, 0.25) is 10.0 Å². The van der Waals surface area contributed by atoms with Crippen LogP contribution in [-0.2, 0) is 11.3 Å². The van der Waals surface area contributed by atoms with Crippen molar-refractivity contribution in [3.8, 4) is 11.8 Å². The van der Waals surface area contributed by atoms with Gasteiger partial charge in [-0.3, -0.25) is 4.79 Å². The summed E-state index contributed by atoms with van der Waals surface area (Å²) in [5.74, 6) is -0.122. The monoisotopic (exact) mass is 375 g/mol. The third-order valence-corrected chi connectivity index (χ3v) is 3.69. The number of ether oxygens (including phenoxy) is 1. The topological polar surface area (TPSA) is 74.1 Å². The lowest BCUT2D eigenvalue weighted by Gasteiger charge is -2.10. The Morgan fingerprint density at radius 3 is 2.68 bits per heavy atom. The summed E-state index contributed by atoms with van der Waals surface area (Å²) in [5, 5.41) is 15.8. The maximum atomic E-state index is 12.3. The number of nitriles is 1. The van der Waals surface area contributed by atoms with Crippen LogP contribution in [0, 0.1) is 11.3 Å². The summed E-state index contributed by atoms with van der Waals surface area (Å²) in [5.41, 5.74) is 1.23. The lowest BCUT2D eigenvalue weighted by Crippen LogP contribution is -2.17. The molecule has 0 saturated heterocycles. The number of anilines is 1. The summed E-state index contributed by atoms with van der Waals surface area (Å²) in [6.45, 7) is 0.430. The van der Waals surface area contributed by atoms with E-state index in [0.717, 1.165) is 5.56 Å². The number of nitrogens with one attached hydrogen (secondary N) is 2. The Hall–Kier alpha value is -2.68. The average molecular weight is 376 g/mol. The van der Waals surface area contributed by atoms with E-state index < -0.39 is 5.91 Å². The SMILES string of the molecule is COc1ccc(Cl)cc1NC(=O)/C(C#N)=C\NCc1cccc(Cl)c1. The van der Waals surface area contributed by atoms with Gasteiger partial charge in [-0.15, -0.1) is 0 Å². The zero-order valence-corrected chi connectivity index (χ0v) is 14.9. The van der Waals surface area contributed by atoms with Crippen molar-refractivity contribution in [2.45, 2.75) is 6.54 Å². The number of benzene rings is 2. The molecule has 0 radical (unpaired) electrons. The molecule has 5 nitrogen and oxygen atoms in total. The molecule has 0 spiro atoms. The summed E-state index contributed by atoms with van der Waals surface area (Å²) in [4.78, 5) is 12.3. The highest BCUT2D eigenvalue weighted by molar-refractivity contribution is 6.31. The Balaban J connectivity index is 2.06. The van der Waals surface area contributed by atoms with Gasteiger partial charge in [-0.1, -0.05) is 35.3 Å². The van der Waals surface area contributed by atoms with E-state index in [2.05, 4.69) is 10.6 Å². The second-order valence-corrected chi connectivity index (χ2v) is 5.85. The van der Waals surface area contributed by atoms with E-state index in [1.807, 2.05) is 18.2 Å². The Morgan fingerprint density at radius 2 is 2.00 bits per heavy atom. The van der Waals surface area contributed by atoms with Gasteiger partial charge in [-0.05, 0) is 35.9 Å². The van der Waals surface area contributed by atoms with Crippen molar-refractivity contribution < 1.29 is 9.53 Å². The van der Waals surface area contributed by atoms with Crippen LogP contribution >= 0.6 is 23.2 Å². The van der Waals surface area contributed by atoms with Gasteiger partial charge in [0, 0.05) is 22.8 Å². The highest BCUT2D eigenvalue weighted by Crippen LogP contribution is 2.27. The van der Waals surface area contributed by atoms with E-state index in [1.54, 1.807) is 30.3 Å². The molecule has 2 rings (SSSR count). The molecule has 0 fully saturated rings. The Kier molecular flexibility index (Phi) is 6.70. The predicted octanol–water partition coefficient (Wildman–Crippen LogP) is 4.14. The van der Waals surface area contributed by atoms with Crippen molar-refractivity contribution in [1.29, 1.82) is 5.26 Å². The fourth-order valence-electron chi connectivity index (χ4n) is 2.03. The van der Waals surface area contributed by atoms with E-state index in [1.165, 1.54) is 13.3 Å². The third-order valence-electron chi connectivity index (χ3n) is 3.22. The van der Waals surface area contributed by atoms with E-state index in [0.29, 0.717) is 28.0 Å². The van der Waals surface area contributed by atoms with Crippen LogP contribution in [0.1, 0.15) is 5.56 Å². The van der Waals surface area contributed by atoms with Gasteiger partial charge in [0.05, 0.1) is 12.8 Å². The molecule has 2 aromatic rings. The number of amides is 1. The quantitative estimate of drug-likeness (QED) is 0.587. The van der Waals surface area contributed by atoms with Gasteiger partial charge in [0.1, 0.15) is 17.4 Å². The lowest BCUT2D eigenvalue weighted by atomic mass is 10.2. The lowest BCUT2D eigenvalue weighted by molar-refractivity contribution is -0.112.